The standard InChI is InChI=1S/C12H18N2O4S/c1-3-7-18-12(16)14-11-13-9(8-19-11)5-4-6-10(15)17-2/h8H,3-7H2,1-2H3,(H,13,14,16). The van der Waals surface area contributed by atoms with Crippen molar-refractivity contribution in [1.29, 1.82) is 0 Å². The van der Waals surface area contributed by atoms with Gasteiger partial charge in [-0.3, -0.25) is 10.1 Å². The van der Waals surface area contributed by atoms with Gasteiger partial charge in [0.05, 0.1) is 19.4 Å². The first-order valence-electron chi connectivity index (χ1n) is 6.10. The molecule has 106 valence electrons. The van der Waals surface area contributed by atoms with Crippen LogP contribution in [0.5, 0.6) is 0 Å². The van der Waals surface area contributed by atoms with Gasteiger partial charge in [-0.15, -0.1) is 11.3 Å². The minimum atomic E-state index is -0.489. The first-order chi connectivity index (χ1) is 9.15. The number of esters is 1. The molecule has 0 radical (unpaired) electrons. The van der Waals surface area contributed by atoms with E-state index in [9.17, 15) is 9.59 Å². The number of amides is 1. The first-order valence-corrected chi connectivity index (χ1v) is 6.98. The van der Waals surface area contributed by atoms with Crippen LogP contribution in [-0.4, -0.2) is 30.8 Å². The molecule has 1 amide bonds. The highest BCUT2D eigenvalue weighted by Crippen LogP contribution is 2.17. The molecule has 0 aromatic carbocycles. The summed E-state index contributed by atoms with van der Waals surface area (Å²) in [6.45, 7) is 2.32. The minimum Gasteiger partial charge on any atom is -0.469 e. The molecule has 7 heteroatoms. The van der Waals surface area contributed by atoms with Gasteiger partial charge >= 0.3 is 12.1 Å². The predicted molar refractivity (Wildman–Crippen MR) is 72.3 cm³/mol. The first kappa shape index (κ1) is 15.4. The average Bonchev–Trinajstić information content (AvgIpc) is 2.83. The predicted octanol–water partition coefficient (Wildman–Crippen LogP) is 2.60. The molecule has 0 saturated heterocycles. The number of ether oxygens (including phenoxy) is 2. The van der Waals surface area contributed by atoms with Gasteiger partial charge in [-0.1, -0.05) is 6.92 Å². The fourth-order valence-corrected chi connectivity index (χ4v) is 2.04. The Balaban J connectivity index is 2.31. The van der Waals surface area contributed by atoms with Crippen molar-refractivity contribution in [2.24, 2.45) is 0 Å². The van der Waals surface area contributed by atoms with E-state index in [1.807, 2.05) is 12.3 Å². The smallest absolute Gasteiger partial charge is 0.413 e. The molecule has 0 aliphatic carbocycles. The second-order valence-corrected chi connectivity index (χ2v) is 4.69. The van der Waals surface area contributed by atoms with Crippen molar-refractivity contribution in [3.63, 3.8) is 0 Å². The molecule has 1 aromatic rings. The highest BCUT2D eigenvalue weighted by atomic mass is 32.1. The topological polar surface area (TPSA) is 77.5 Å². The number of thiazole rings is 1. The third-order valence-corrected chi connectivity index (χ3v) is 3.05. The number of nitrogens with zero attached hydrogens (tertiary/aromatic N) is 1. The van der Waals surface area contributed by atoms with Gasteiger partial charge in [0.25, 0.3) is 0 Å². The van der Waals surface area contributed by atoms with E-state index in [4.69, 9.17) is 4.74 Å². The molecular weight excluding hydrogens is 268 g/mol. The lowest BCUT2D eigenvalue weighted by molar-refractivity contribution is -0.140. The highest BCUT2D eigenvalue weighted by molar-refractivity contribution is 7.13. The van der Waals surface area contributed by atoms with E-state index in [-0.39, 0.29) is 5.97 Å². The van der Waals surface area contributed by atoms with Crippen LogP contribution in [0, 0.1) is 0 Å². The summed E-state index contributed by atoms with van der Waals surface area (Å²) in [6, 6.07) is 0. The molecule has 1 N–H and O–H groups in total. The summed E-state index contributed by atoms with van der Waals surface area (Å²) in [7, 11) is 1.37. The normalized spacial score (nSPS) is 10.0. The van der Waals surface area contributed by atoms with Gasteiger partial charge in [-0.2, -0.15) is 0 Å². The van der Waals surface area contributed by atoms with Crippen molar-refractivity contribution in [1.82, 2.24) is 4.98 Å². The Labute approximate surface area is 116 Å². The molecule has 1 heterocycles. The third-order valence-electron chi connectivity index (χ3n) is 2.24. The van der Waals surface area contributed by atoms with Gasteiger partial charge in [0.2, 0.25) is 0 Å². The fourth-order valence-electron chi connectivity index (χ4n) is 1.31. The fraction of sp³-hybridized carbons (Fsp3) is 0.583. The van der Waals surface area contributed by atoms with Crippen molar-refractivity contribution in [2.45, 2.75) is 32.6 Å². The van der Waals surface area contributed by atoms with E-state index >= 15 is 0 Å². The second kappa shape index (κ2) is 8.47. The second-order valence-electron chi connectivity index (χ2n) is 3.83. The number of hydrogen-bond acceptors (Lipinski definition) is 6. The van der Waals surface area contributed by atoms with Crippen LogP contribution in [0.25, 0.3) is 0 Å². The SMILES string of the molecule is CCCOC(=O)Nc1nc(CCCC(=O)OC)cs1. The van der Waals surface area contributed by atoms with E-state index in [0.29, 0.717) is 31.0 Å². The molecule has 0 spiro atoms. The average molecular weight is 286 g/mol. The van der Waals surface area contributed by atoms with Gasteiger partial charge < -0.3 is 9.47 Å². The maximum absolute atomic E-state index is 11.3. The Morgan fingerprint density at radius 3 is 2.95 bits per heavy atom. The van der Waals surface area contributed by atoms with E-state index < -0.39 is 6.09 Å². The molecule has 0 bridgehead atoms. The number of aromatic nitrogens is 1. The molecular formula is C12H18N2O4S. The summed E-state index contributed by atoms with van der Waals surface area (Å²) in [6.07, 6.45) is 2.02. The lowest BCUT2D eigenvalue weighted by Gasteiger charge is -2.02. The van der Waals surface area contributed by atoms with Crippen molar-refractivity contribution in [3.8, 4) is 0 Å². The van der Waals surface area contributed by atoms with Crippen LogP contribution in [-0.2, 0) is 20.7 Å². The maximum atomic E-state index is 11.3. The van der Waals surface area contributed by atoms with Gasteiger partial charge in [-0.05, 0) is 19.3 Å². The molecule has 0 fully saturated rings. The van der Waals surface area contributed by atoms with E-state index in [2.05, 4.69) is 15.0 Å². The molecule has 0 aliphatic rings. The molecule has 0 unspecified atom stereocenters. The summed E-state index contributed by atoms with van der Waals surface area (Å²) in [5.74, 6) is -0.225. The number of hydrogen-bond donors (Lipinski definition) is 1. The number of rotatable bonds is 7. The number of methoxy groups -OCH3 is 1. The van der Waals surface area contributed by atoms with Gasteiger partial charge in [0.1, 0.15) is 0 Å². The van der Waals surface area contributed by atoms with Crippen molar-refractivity contribution >= 4 is 28.5 Å². The Morgan fingerprint density at radius 1 is 1.47 bits per heavy atom. The summed E-state index contributed by atoms with van der Waals surface area (Å²) in [5.41, 5.74) is 0.847. The van der Waals surface area contributed by atoms with Gasteiger partial charge in [0.15, 0.2) is 5.13 Å². The quantitative estimate of drug-likeness (QED) is 0.779. The Hall–Kier alpha value is -1.63. The van der Waals surface area contributed by atoms with E-state index in [1.165, 1.54) is 18.4 Å². The molecule has 0 aliphatic heterocycles. The van der Waals surface area contributed by atoms with Crippen LogP contribution in [0.1, 0.15) is 31.9 Å². The zero-order chi connectivity index (χ0) is 14.1. The summed E-state index contributed by atoms with van der Waals surface area (Å²) in [4.78, 5) is 26.5. The summed E-state index contributed by atoms with van der Waals surface area (Å²) in [5, 5.41) is 4.92. The summed E-state index contributed by atoms with van der Waals surface area (Å²) >= 11 is 1.34. The van der Waals surface area contributed by atoms with Crippen molar-refractivity contribution in [2.75, 3.05) is 19.0 Å². The van der Waals surface area contributed by atoms with Crippen LogP contribution >= 0.6 is 11.3 Å². The molecule has 6 nitrogen and oxygen atoms in total. The summed E-state index contributed by atoms with van der Waals surface area (Å²) < 4.78 is 9.44. The molecule has 1 aromatic heterocycles. The van der Waals surface area contributed by atoms with E-state index in [1.54, 1.807) is 0 Å². The maximum Gasteiger partial charge on any atom is 0.413 e. The number of carbonyl (C=O) groups excluding carboxylic acids is 2. The van der Waals surface area contributed by atoms with Gasteiger partial charge in [-0.25, -0.2) is 9.78 Å². The zero-order valence-corrected chi connectivity index (χ0v) is 11.9. The lowest BCUT2D eigenvalue weighted by Crippen LogP contribution is -2.13. The Kier molecular flexibility index (Phi) is 6.88. The molecule has 1 rings (SSSR count). The monoisotopic (exact) mass is 286 g/mol. The zero-order valence-electron chi connectivity index (χ0n) is 11.1. The minimum absolute atomic E-state index is 0.225. The third kappa shape index (κ3) is 6.19. The van der Waals surface area contributed by atoms with Crippen LogP contribution in [0.3, 0.4) is 0 Å². The largest absolute Gasteiger partial charge is 0.469 e. The Morgan fingerprint density at radius 2 is 2.26 bits per heavy atom. The van der Waals surface area contributed by atoms with Gasteiger partial charge in [0, 0.05) is 11.8 Å². The van der Waals surface area contributed by atoms with E-state index in [0.717, 1.165) is 12.1 Å². The number of aryl methyl sites for hydroxylation is 1. The van der Waals surface area contributed by atoms with Crippen LogP contribution < -0.4 is 5.32 Å². The highest BCUT2D eigenvalue weighted by Gasteiger charge is 2.08. The lowest BCUT2D eigenvalue weighted by atomic mass is 10.2. The van der Waals surface area contributed by atoms with Crippen molar-refractivity contribution in [3.05, 3.63) is 11.1 Å². The molecule has 0 saturated carbocycles. The number of anilines is 1. The number of nitrogens with one attached hydrogen (secondary N) is 1. The Bertz CT molecular complexity index is 420. The van der Waals surface area contributed by atoms with Crippen molar-refractivity contribution < 1.29 is 19.1 Å². The van der Waals surface area contributed by atoms with Crippen LogP contribution in [0.4, 0.5) is 9.93 Å². The molecule has 0 atom stereocenters. The van der Waals surface area contributed by atoms with Crippen LogP contribution in [0.2, 0.25) is 0 Å². The number of carbonyl (C=O) groups is 2. The van der Waals surface area contributed by atoms with Crippen LogP contribution in [0.15, 0.2) is 5.38 Å². The molecule has 19 heavy (non-hydrogen) atoms.